The number of benzene rings is 2. The second kappa shape index (κ2) is 10.9. The van der Waals surface area contributed by atoms with Crippen molar-refractivity contribution in [2.24, 2.45) is 0 Å². The topological polar surface area (TPSA) is 34.1 Å². The van der Waals surface area contributed by atoms with E-state index in [1.165, 1.54) is 0 Å². The Morgan fingerprint density at radius 3 is 1.13 bits per heavy atom. The van der Waals surface area contributed by atoms with Crippen molar-refractivity contribution < 1.29 is 9.59 Å². The van der Waals surface area contributed by atoms with E-state index in [9.17, 15) is 9.59 Å². The summed E-state index contributed by atoms with van der Waals surface area (Å²) in [7, 11) is 0. The summed E-state index contributed by atoms with van der Waals surface area (Å²) in [6, 6.07) is 19.8. The van der Waals surface area contributed by atoms with Crippen LogP contribution >= 0.6 is 34.5 Å². The number of allylic oxidation sites excluding steroid dienone is 10. The third-order valence-electron chi connectivity index (χ3n) is 6.86. The lowest BCUT2D eigenvalue weighted by atomic mass is 9.89. The standard InChI is InChI=1S/C34H26Cl2O2S/c1-19-15-25(16-20(2)33(19)37)31(23-5-9-27(35)10-6-23)29-13-14-30(39-29)32(24-7-11-28(36)12-8-24)26-17-21(3)34(38)22(4)18-26/h5-18H,1-4H3. The van der Waals surface area contributed by atoms with Gasteiger partial charge in [-0.2, -0.15) is 0 Å². The van der Waals surface area contributed by atoms with E-state index in [2.05, 4.69) is 12.1 Å². The number of rotatable bonds is 4. The maximum absolute atomic E-state index is 12.5. The quantitative estimate of drug-likeness (QED) is 0.314. The largest absolute Gasteiger partial charge is 0.289 e. The van der Waals surface area contributed by atoms with E-state index in [1.54, 1.807) is 11.3 Å². The first-order valence-corrected chi connectivity index (χ1v) is 14.1. The molecule has 0 spiro atoms. The predicted molar refractivity (Wildman–Crippen MR) is 164 cm³/mol. The predicted octanol–water partition coefficient (Wildman–Crippen LogP) is 9.61. The second-order valence-electron chi connectivity index (χ2n) is 9.81. The highest BCUT2D eigenvalue weighted by molar-refractivity contribution is 7.14. The van der Waals surface area contributed by atoms with Crippen molar-refractivity contribution in [3.63, 3.8) is 0 Å². The Labute approximate surface area is 243 Å². The molecular formula is C34H26Cl2O2S. The van der Waals surface area contributed by atoms with Gasteiger partial charge in [0.05, 0.1) is 0 Å². The summed E-state index contributed by atoms with van der Waals surface area (Å²) < 4.78 is 0. The van der Waals surface area contributed by atoms with E-state index < -0.39 is 0 Å². The van der Waals surface area contributed by atoms with Gasteiger partial charge >= 0.3 is 0 Å². The van der Waals surface area contributed by atoms with Gasteiger partial charge in [-0.25, -0.2) is 0 Å². The van der Waals surface area contributed by atoms with Crippen LogP contribution in [0.4, 0.5) is 0 Å². The number of carbonyl (C=O) groups is 2. The molecular weight excluding hydrogens is 543 g/mol. The molecule has 0 aliphatic heterocycles. The molecule has 2 aliphatic carbocycles. The van der Waals surface area contributed by atoms with Crippen molar-refractivity contribution in [3.05, 3.63) is 149 Å². The third kappa shape index (κ3) is 5.49. The van der Waals surface area contributed by atoms with Gasteiger partial charge in [0.2, 0.25) is 0 Å². The minimum absolute atomic E-state index is 0.0620. The molecule has 1 aromatic heterocycles. The van der Waals surface area contributed by atoms with Gasteiger partial charge in [0.1, 0.15) is 0 Å². The van der Waals surface area contributed by atoms with Crippen LogP contribution in [0, 0.1) is 0 Å². The van der Waals surface area contributed by atoms with E-state index in [0.717, 1.165) is 43.2 Å². The number of hydrogen-bond acceptors (Lipinski definition) is 3. The number of hydrogen-bond donors (Lipinski definition) is 0. The van der Waals surface area contributed by atoms with Crippen LogP contribution in [0.5, 0.6) is 0 Å². The van der Waals surface area contributed by atoms with Crippen molar-refractivity contribution in [2.75, 3.05) is 0 Å². The molecule has 2 aromatic carbocycles. The maximum atomic E-state index is 12.5. The van der Waals surface area contributed by atoms with Gasteiger partial charge < -0.3 is 0 Å². The SMILES string of the molecule is CC1=CC(=C(c2ccc(Cl)cc2)c2ccc(C(=C3C=C(C)C(=O)C(C)=C3)c3ccc(Cl)cc3)s2)C=C(C)C1=O. The van der Waals surface area contributed by atoms with Gasteiger partial charge in [-0.1, -0.05) is 47.5 Å². The molecule has 0 saturated heterocycles. The lowest BCUT2D eigenvalue weighted by Gasteiger charge is -2.16. The van der Waals surface area contributed by atoms with Crippen molar-refractivity contribution in [2.45, 2.75) is 27.7 Å². The molecule has 3 aromatic rings. The molecule has 194 valence electrons. The Bertz CT molecular complexity index is 1530. The zero-order valence-corrected chi connectivity index (χ0v) is 24.4. The zero-order valence-electron chi connectivity index (χ0n) is 22.1. The molecule has 0 bridgehead atoms. The number of carbonyl (C=O) groups excluding carboxylic acids is 2. The fourth-order valence-corrected chi connectivity index (χ4v) is 6.37. The molecule has 0 amide bonds. The molecule has 0 saturated carbocycles. The Morgan fingerprint density at radius 1 is 0.513 bits per heavy atom. The average molecular weight is 570 g/mol. The number of ketones is 2. The highest BCUT2D eigenvalue weighted by Crippen LogP contribution is 2.41. The number of thiophene rings is 1. The summed E-state index contributed by atoms with van der Waals surface area (Å²) in [5, 5.41) is 1.33. The summed E-state index contributed by atoms with van der Waals surface area (Å²) in [4.78, 5) is 27.1. The highest BCUT2D eigenvalue weighted by atomic mass is 35.5. The number of halogens is 2. The van der Waals surface area contributed by atoms with Crippen molar-refractivity contribution in [1.29, 1.82) is 0 Å². The zero-order chi connectivity index (χ0) is 27.8. The fourth-order valence-electron chi connectivity index (χ4n) is 4.93. The lowest BCUT2D eigenvalue weighted by molar-refractivity contribution is -0.113. The van der Waals surface area contributed by atoms with Crippen molar-refractivity contribution >= 4 is 57.3 Å². The minimum Gasteiger partial charge on any atom is -0.289 e. The Balaban J connectivity index is 1.74. The first-order valence-electron chi connectivity index (χ1n) is 12.6. The van der Waals surface area contributed by atoms with E-state index in [4.69, 9.17) is 23.2 Å². The summed E-state index contributed by atoms with van der Waals surface area (Å²) in [5.41, 5.74) is 8.91. The number of Topliss-reactive ketones (excluding diaryl/α,β-unsaturated/α-hetero) is 2. The molecule has 5 rings (SSSR count). The molecule has 39 heavy (non-hydrogen) atoms. The van der Waals surface area contributed by atoms with Crippen LogP contribution < -0.4 is 0 Å². The van der Waals surface area contributed by atoms with E-state index in [1.807, 2.05) is 101 Å². The van der Waals surface area contributed by atoms with Crippen LogP contribution in [-0.2, 0) is 9.59 Å². The molecule has 5 heteroatoms. The van der Waals surface area contributed by atoms with Gasteiger partial charge in [0.25, 0.3) is 0 Å². The van der Waals surface area contributed by atoms with E-state index in [0.29, 0.717) is 32.3 Å². The fraction of sp³-hybridized carbons (Fsp3) is 0.118. The molecule has 2 nitrogen and oxygen atoms in total. The molecule has 0 atom stereocenters. The van der Waals surface area contributed by atoms with Crippen molar-refractivity contribution in [1.82, 2.24) is 0 Å². The molecule has 0 radical (unpaired) electrons. The lowest BCUT2D eigenvalue weighted by Crippen LogP contribution is -2.07. The Kier molecular flexibility index (Phi) is 7.59. The average Bonchev–Trinajstić information content (AvgIpc) is 3.37. The smallest absolute Gasteiger partial charge is 0.184 e. The normalized spacial score (nSPS) is 15.5. The monoisotopic (exact) mass is 568 g/mol. The van der Waals surface area contributed by atoms with Crippen LogP contribution in [0.25, 0.3) is 11.1 Å². The minimum atomic E-state index is 0.0620. The van der Waals surface area contributed by atoms with Crippen molar-refractivity contribution in [3.8, 4) is 0 Å². The van der Waals surface area contributed by atoms with Crippen LogP contribution in [0.3, 0.4) is 0 Å². The first kappa shape index (κ1) is 27.1. The second-order valence-corrected chi connectivity index (χ2v) is 11.8. The Morgan fingerprint density at radius 2 is 0.821 bits per heavy atom. The summed E-state index contributed by atoms with van der Waals surface area (Å²) >= 11 is 14.1. The van der Waals surface area contributed by atoms with E-state index in [-0.39, 0.29) is 11.6 Å². The molecule has 0 fully saturated rings. The molecule has 1 heterocycles. The van der Waals surface area contributed by atoms with Crippen LogP contribution in [0.2, 0.25) is 10.0 Å². The molecule has 2 aliphatic rings. The van der Waals surface area contributed by atoms with Crippen LogP contribution in [-0.4, -0.2) is 11.6 Å². The Hall–Kier alpha value is -3.50. The van der Waals surface area contributed by atoms with Gasteiger partial charge in [0.15, 0.2) is 11.6 Å². The van der Waals surface area contributed by atoms with Gasteiger partial charge in [0, 0.05) is 30.9 Å². The summed E-state index contributed by atoms with van der Waals surface area (Å²) in [6.07, 6.45) is 7.84. The van der Waals surface area contributed by atoms with Gasteiger partial charge in [-0.15, -0.1) is 11.3 Å². The summed E-state index contributed by atoms with van der Waals surface area (Å²) in [6.45, 7) is 7.42. The third-order valence-corrected chi connectivity index (χ3v) is 8.49. The highest BCUT2D eigenvalue weighted by Gasteiger charge is 2.22. The molecule has 0 N–H and O–H groups in total. The van der Waals surface area contributed by atoms with Gasteiger partial charge in [-0.3, -0.25) is 9.59 Å². The van der Waals surface area contributed by atoms with Crippen LogP contribution in [0.1, 0.15) is 48.6 Å². The van der Waals surface area contributed by atoms with E-state index >= 15 is 0 Å². The molecule has 0 unspecified atom stereocenters. The van der Waals surface area contributed by atoms with Gasteiger partial charge in [-0.05, 0) is 133 Å². The van der Waals surface area contributed by atoms with Crippen LogP contribution in [0.15, 0.2) is 118 Å². The maximum Gasteiger partial charge on any atom is 0.184 e. The summed E-state index contributed by atoms with van der Waals surface area (Å²) in [5.74, 6) is 0.124. The first-order chi connectivity index (χ1) is 18.6.